The van der Waals surface area contributed by atoms with E-state index in [1.54, 1.807) is 13.0 Å². The second kappa shape index (κ2) is 6.16. The van der Waals surface area contributed by atoms with Gasteiger partial charge in [-0.1, -0.05) is 17.7 Å². The Balaban J connectivity index is 3.21. The van der Waals surface area contributed by atoms with Crippen LogP contribution in [0.5, 0.6) is 0 Å². The van der Waals surface area contributed by atoms with Crippen molar-refractivity contribution in [2.24, 2.45) is 0 Å². The van der Waals surface area contributed by atoms with E-state index in [0.717, 1.165) is 0 Å². The lowest BCUT2D eigenvalue weighted by Crippen LogP contribution is -2.31. The first-order chi connectivity index (χ1) is 8.51. The van der Waals surface area contributed by atoms with Crippen molar-refractivity contribution in [3.63, 3.8) is 0 Å². The van der Waals surface area contributed by atoms with Gasteiger partial charge in [0.1, 0.15) is 5.56 Å². The number of benzene rings is 1. The summed E-state index contributed by atoms with van der Waals surface area (Å²) in [7, 11) is 0. The molecule has 0 heterocycles. The fourth-order valence-electron chi connectivity index (χ4n) is 1.52. The van der Waals surface area contributed by atoms with Gasteiger partial charge in [0.25, 0.3) is 11.6 Å². The van der Waals surface area contributed by atoms with Gasteiger partial charge in [0, 0.05) is 24.2 Å². The molecule has 0 aliphatic carbocycles. The van der Waals surface area contributed by atoms with Crippen LogP contribution in [0, 0.1) is 10.1 Å². The number of carbonyl (C=O) groups is 1. The number of halogens is 1. The monoisotopic (exact) mass is 268 g/mol. The molecule has 0 aliphatic heterocycles. The molecule has 1 aromatic rings. The summed E-state index contributed by atoms with van der Waals surface area (Å²) >= 11 is 5.78. The minimum atomic E-state index is -0.592. The highest BCUT2D eigenvalue weighted by atomic mass is 35.5. The first-order valence-electron chi connectivity index (χ1n) is 5.35. The molecule has 0 N–H and O–H groups in total. The third-order valence-electron chi connectivity index (χ3n) is 2.40. The molecule has 5 nitrogen and oxygen atoms in total. The van der Waals surface area contributed by atoms with Crippen molar-refractivity contribution in [1.29, 1.82) is 0 Å². The Morgan fingerprint density at radius 1 is 1.61 bits per heavy atom. The minimum Gasteiger partial charge on any atom is -0.335 e. The van der Waals surface area contributed by atoms with Crippen LogP contribution in [0.15, 0.2) is 30.9 Å². The molecular formula is C12H13ClN2O3. The fraction of sp³-hybridized carbons (Fsp3) is 0.250. The van der Waals surface area contributed by atoms with E-state index in [1.807, 2.05) is 0 Å². The third-order valence-corrected chi connectivity index (χ3v) is 2.64. The molecule has 0 unspecified atom stereocenters. The average molecular weight is 269 g/mol. The van der Waals surface area contributed by atoms with Crippen LogP contribution in [-0.4, -0.2) is 28.8 Å². The number of amides is 1. The van der Waals surface area contributed by atoms with E-state index < -0.39 is 10.8 Å². The number of rotatable bonds is 5. The summed E-state index contributed by atoms with van der Waals surface area (Å²) in [6, 6.07) is 3.94. The fourth-order valence-corrected chi connectivity index (χ4v) is 1.69. The van der Waals surface area contributed by atoms with Gasteiger partial charge in [-0.15, -0.1) is 6.58 Å². The minimum absolute atomic E-state index is 0.00352. The van der Waals surface area contributed by atoms with Crippen molar-refractivity contribution in [3.8, 4) is 0 Å². The van der Waals surface area contributed by atoms with Crippen molar-refractivity contribution in [2.45, 2.75) is 6.92 Å². The Bertz CT molecular complexity index is 488. The lowest BCUT2D eigenvalue weighted by Gasteiger charge is -2.18. The maximum Gasteiger partial charge on any atom is 0.282 e. The number of nitrogens with zero attached hydrogens (tertiary/aromatic N) is 2. The summed E-state index contributed by atoms with van der Waals surface area (Å²) in [5.41, 5.74) is -0.247. The second-order valence-electron chi connectivity index (χ2n) is 3.55. The van der Waals surface area contributed by atoms with E-state index >= 15 is 0 Å². The number of hydrogen-bond acceptors (Lipinski definition) is 3. The summed E-state index contributed by atoms with van der Waals surface area (Å²) in [5, 5.41) is 11.2. The van der Waals surface area contributed by atoms with Crippen LogP contribution >= 0.6 is 11.6 Å². The molecule has 0 saturated carbocycles. The Kier molecular flexibility index (Phi) is 4.85. The molecule has 18 heavy (non-hydrogen) atoms. The molecule has 1 rings (SSSR count). The molecule has 0 saturated heterocycles. The van der Waals surface area contributed by atoms with Gasteiger partial charge in [-0.2, -0.15) is 0 Å². The SMILES string of the molecule is C=CCN(CC)C(=O)c1cc(Cl)ccc1[N+](=O)[O-]. The molecule has 0 bridgehead atoms. The summed E-state index contributed by atoms with van der Waals surface area (Å²) in [4.78, 5) is 23.9. The van der Waals surface area contributed by atoms with E-state index in [9.17, 15) is 14.9 Å². The lowest BCUT2D eigenvalue weighted by atomic mass is 10.1. The molecule has 0 fully saturated rings. The number of hydrogen-bond donors (Lipinski definition) is 0. The van der Waals surface area contributed by atoms with Crippen LogP contribution in [0.25, 0.3) is 0 Å². The number of likely N-dealkylation sites (N-methyl/N-ethyl adjacent to an activating group) is 1. The summed E-state index contributed by atoms with van der Waals surface area (Å²) in [6.45, 7) is 6.11. The largest absolute Gasteiger partial charge is 0.335 e. The van der Waals surface area contributed by atoms with Crippen molar-refractivity contribution in [3.05, 3.63) is 51.6 Å². The van der Waals surface area contributed by atoms with Crippen LogP contribution in [0.1, 0.15) is 17.3 Å². The number of nitro groups is 1. The zero-order valence-corrected chi connectivity index (χ0v) is 10.7. The molecule has 0 radical (unpaired) electrons. The summed E-state index contributed by atoms with van der Waals surface area (Å²) in [5.74, 6) is -0.424. The van der Waals surface area contributed by atoms with Crippen molar-refractivity contribution in [2.75, 3.05) is 13.1 Å². The number of carbonyl (C=O) groups excluding carboxylic acids is 1. The summed E-state index contributed by atoms with van der Waals surface area (Å²) in [6.07, 6.45) is 1.57. The molecule has 0 aliphatic rings. The molecule has 1 amide bonds. The van der Waals surface area contributed by atoms with Gasteiger partial charge in [-0.3, -0.25) is 14.9 Å². The predicted molar refractivity (Wildman–Crippen MR) is 69.9 cm³/mol. The topological polar surface area (TPSA) is 63.5 Å². The first kappa shape index (κ1) is 14.2. The third kappa shape index (κ3) is 3.07. The Labute approximate surface area is 110 Å². The van der Waals surface area contributed by atoms with Gasteiger partial charge >= 0.3 is 0 Å². The Morgan fingerprint density at radius 2 is 2.28 bits per heavy atom. The van der Waals surface area contributed by atoms with Gasteiger partial charge in [0.2, 0.25) is 0 Å². The van der Waals surface area contributed by atoms with Crippen LogP contribution in [0.2, 0.25) is 5.02 Å². The van der Waals surface area contributed by atoms with Gasteiger partial charge in [0.05, 0.1) is 4.92 Å². The van der Waals surface area contributed by atoms with Gasteiger partial charge < -0.3 is 4.90 Å². The van der Waals surface area contributed by atoms with Crippen LogP contribution < -0.4 is 0 Å². The van der Waals surface area contributed by atoms with Crippen LogP contribution in [0.3, 0.4) is 0 Å². The summed E-state index contributed by atoms with van der Waals surface area (Å²) < 4.78 is 0. The molecule has 0 aromatic heterocycles. The van der Waals surface area contributed by atoms with Gasteiger partial charge in [-0.25, -0.2) is 0 Å². The van der Waals surface area contributed by atoms with Crippen LogP contribution in [-0.2, 0) is 0 Å². The highest BCUT2D eigenvalue weighted by Gasteiger charge is 2.23. The normalized spacial score (nSPS) is 9.89. The smallest absolute Gasteiger partial charge is 0.282 e. The Hall–Kier alpha value is -1.88. The molecule has 6 heteroatoms. The van der Waals surface area contributed by atoms with E-state index in [-0.39, 0.29) is 11.3 Å². The van der Waals surface area contributed by atoms with E-state index in [2.05, 4.69) is 6.58 Å². The molecule has 0 spiro atoms. The maximum atomic E-state index is 12.2. The van der Waals surface area contributed by atoms with Crippen molar-refractivity contribution < 1.29 is 9.72 Å². The first-order valence-corrected chi connectivity index (χ1v) is 5.73. The van der Waals surface area contributed by atoms with E-state index in [1.165, 1.54) is 23.1 Å². The van der Waals surface area contributed by atoms with Crippen LogP contribution in [0.4, 0.5) is 5.69 Å². The highest BCUT2D eigenvalue weighted by Crippen LogP contribution is 2.24. The van der Waals surface area contributed by atoms with E-state index in [0.29, 0.717) is 18.1 Å². The van der Waals surface area contributed by atoms with E-state index in [4.69, 9.17) is 11.6 Å². The molecule has 96 valence electrons. The highest BCUT2D eigenvalue weighted by molar-refractivity contribution is 6.31. The van der Waals surface area contributed by atoms with Gasteiger partial charge in [0.15, 0.2) is 0 Å². The van der Waals surface area contributed by atoms with Gasteiger partial charge in [-0.05, 0) is 19.1 Å². The maximum absolute atomic E-state index is 12.2. The zero-order valence-electron chi connectivity index (χ0n) is 9.93. The quantitative estimate of drug-likeness (QED) is 0.469. The molecular weight excluding hydrogens is 256 g/mol. The standard InChI is InChI=1S/C12H13ClN2O3/c1-3-7-14(4-2)12(16)10-8-9(13)5-6-11(10)15(17)18/h3,5-6,8H,1,4,7H2,2H3. The Morgan fingerprint density at radius 3 is 2.78 bits per heavy atom. The van der Waals surface area contributed by atoms with Crippen molar-refractivity contribution in [1.82, 2.24) is 4.90 Å². The number of nitro benzene ring substituents is 1. The average Bonchev–Trinajstić information content (AvgIpc) is 2.34. The van der Waals surface area contributed by atoms with Crippen molar-refractivity contribution >= 4 is 23.2 Å². The lowest BCUT2D eigenvalue weighted by molar-refractivity contribution is -0.385. The second-order valence-corrected chi connectivity index (χ2v) is 3.99. The molecule has 0 atom stereocenters. The predicted octanol–water partition coefficient (Wildman–Crippen LogP) is 2.90. The zero-order chi connectivity index (χ0) is 13.7. The molecule has 1 aromatic carbocycles.